The molecule has 3 N–H and O–H groups in total. The summed E-state index contributed by atoms with van der Waals surface area (Å²) in [4.78, 5) is 30.1. The molecule has 0 unspecified atom stereocenters. The highest BCUT2D eigenvalue weighted by Gasteiger charge is 2.23. The molecule has 0 spiro atoms. The van der Waals surface area contributed by atoms with Gasteiger partial charge in [-0.25, -0.2) is 19.3 Å². The number of rotatable bonds is 12. The van der Waals surface area contributed by atoms with Crippen molar-refractivity contribution in [2.45, 2.75) is 30.8 Å². The molecule has 1 saturated heterocycles. The first kappa shape index (κ1) is 33.0. The van der Waals surface area contributed by atoms with Crippen molar-refractivity contribution in [3.05, 3.63) is 103 Å². The van der Waals surface area contributed by atoms with Crippen molar-refractivity contribution in [3.8, 4) is 0 Å². The molecule has 0 saturated carbocycles. The molecule has 1 amide bonds. The molecule has 4 aromatic heterocycles. The summed E-state index contributed by atoms with van der Waals surface area (Å²) in [6, 6.07) is 13.8. The second kappa shape index (κ2) is 14.1. The third kappa shape index (κ3) is 7.10. The average Bonchev–Trinajstić information content (AvgIpc) is 3.90. The quantitative estimate of drug-likeness (QED) is 0.171. The Morgan fingerprint density at radius 2 is 1.80 bits per heavy atom. The number of anilines is 3. The number of carbonyl (C=O) groups excluding carboxylic acids is 1. The molecule has 1 aliphatic heterocycles. The third-order valence-corrected chi connectivity index (χ3v) is 10.2. The summed E-state index contributed by atoms with van der Waals surface area (Å²) in [5, 5.41) is 17.4. The lowest BCUT2D eigenvalue weighted by Crippen LogP contribution is -2.43. The summed E-state index contributed by atoms with van der Waals surface area (Å²) in [7, 11) is -2.06. The van der Waals surface area contributed by atoms with Crippen LogP contribution in [0.5, 0.6) is 0 Å². The number of aryl methyl sites for hydroxylation is 2. The number of amides is 1. The summed E-state index contributed by atoms with van der Waals surface area (Å²) in [5.41, 5.74) is 3.90. The molecule has 258 valence electrons. The van der Waals surface area contributed by atoms with Gasteiger partial charge in [0.25, 0.3) is 15.9 Å². The Morgan fingerprint density at radius 3 is 2.58 bits per heavy atom. The number of nitrogens with zero attached hydrogens (tertiary/aromatic N) is 9. The normalized spacial score (nSPS) is 14.3. The number of hydrogen-bond donors (Lipinski definition) is 3. The second-order valence-electron chi connectivity index (χ2n) is 12.1. The summed E-state index contributed by atoms with van der Waals surface area (Å²) in [6.45, 7) is 5.62. The van der Waals surface area contributed by atoms with Gasteiger partial charge in [0.2, 0.25) is 0 Å². The van der Waals surface area contributed by atoms with Crippen LogP contribution in [0.2, 0.25) is 0 Å². The maximum atomic E-state index is 14.5. The standard InChI is InChI=1S/C33H35FN12O3S/c1-43-13-15-44(16-14-43)19-24-4-7-25(8-5-24)40-33(47)30-28(18-38-42-30)41-31-26-10-12-45(32(26)37-21-36-31)11-2-3-23-6-9-27(34)29(17-23)50(48,49)46-22-35-20-39-46/h4-10,12,17-18,20-22H,2-3,11,13-16,19H2,1H3,(H,38,42)(H,40,47)(H,36,37,41). The zero-order valence-electron chi connectivity index (χ0n) is 27.2. The van der Waals surface area contributed by atoms with E-state index >= 15 is 0 Å². The molecule has 50 heavy (non-hydrogen) atoms. The number of H-pyrrole nitrogens is 1. The fourth-order valence-corrected chi connectivity index (χ4v) is 7.05. The van der Waals surface area contributed by atoms with E-state index in [4.69, 9.17) is 0 Å². The molecule has 5 heterocycles. The first-order valence-electron chi connectivity index (χ1n) is 16.0. The maximum absolute atomic E-state index is 14.5. The van der Waals surface area contributed by atoms with Crippen molar-refractivity contribution in [3.63, 3.8) is 0 Å². The van der Waals surface area contributed by atoms with Gasteiger partial charge >= 0.3 is 0 Å². The van der Waals surface area contributed by atoms with Crippen molar-refractivity contribution in [1.29, 1.82) is 0 Å². The number of halogens is 1. The Bertz CT molecular complexity index is 2210. The molecule has 7 rings (SSSR count). The number of piperazine rings is 1. The number of nitrogens with one attached hydrogen (secondary N) is 3. The van der Waals surface area contributed by atoms with E-state index in [1.807, 2.05) is 41.1 Å². The van der Waals surface area contributed by atoms with E-state index in [1.165, 1.54) is 24.2 Å². The van der Waals surface area contributed by atoms with Crippen LogP contribution in [0.25, 0.3) is 11.0 Å². The molecule has 0 bridgehead atoms. The minimum absolute atomic E-state index is 0.252. The van der Waals surface area contributed by atoms with E-state index in [-0.39, 0.29) is 11.6 Å². The molecule has 0 aliphatic carbocycles. The van der Waals surface area contributed by atoms with Crippen LogP contribution in [0.1, 0.15) is 28.0 Å². The van der Waals surface area contributed by atoms with E-state index in [0.29, 0.717) is 51.9 Å². The number of aromatic amines is 1. The molecule has 2 aromatic carbocycles. The van der Waals surface area contributed by atoms with E-state index in [0.717, 1.165) is 56.8 Å². The number of carbonyl (C=O) groups is 1. The van der Waals surface area contributed by atoms with E-state index in [1.54, 1.807) is 6.07 Å². The van der Waals surface area contributed by atoms with Gasteiger partial charge in [-0.1, -0.05) is 18.2 Å². The van der Waals surface area contributed by atoms with Crippen molar-refractivity contribution in [1.82, 2.24) is 48.7 Å². The highest BCUT2D eigenvalue weighted by Crippen LogP contribution is 2.26. The molecule has 1 fully saturated rings. The van der Waals surface area contributed by atoms with Crippen LogP contribution in [0.3, 0.4) is 0 Å². The number of aromatic nitrogens is 8. The third-order valence-electron chi connectivity index (χ3n) is 8.67. The van der Waals surface area contributed by atoms with Gasteiger partial charge in [-0.2, -0.15) is 13.5 Å². The largest absolute Gasteiger partial charge is 0.336 e. The van der Waals surface area contributed by atoms with Gasteiger partial charge in [-0.3, -0.25) is 14.8 Å². The lowest BCUT2D eigenvalue weighted by molar-refractivity contribution is 0.102. The van der Waals surface area contributed by atoms with Crippen LogP contribution >= 0.6 is 0 Å². The zero-order valence-corrected chi connectivity index (χ0v) is 28.0. The van der Waals surface area contributed by atoms with E-state index < -0.39 is 20.7 Å². The van der Waals surface area contributed by atoms with E-state index in [2.05, 4.69) is 57.7 Å². The zero-order chi connectivity index (χ0) is 34.7. The molecule has 0 radical (unpaired) electrons. The van der Waals surface area contributed by atoms with Gasteiger partial charge in [0.1, 0.15) is 46.9 Å². The minimum atomic E-state index is -4.20. The molecule has 1 aliphatic rings. The fraction of sp³-hybridized carbons (Fsp3) is 0.273. The number of hydrogen-bond acceptors (Lipinski definition) is 11. The predicted octanol–water partition coefficient (Wildman–Crippen LogP) is 3.50. The first-order chi connectivity index (χ1) is 24.2. The Morgan fingerprint density at radius 1 is 1.00 bits per heavy atom. The van der Waals surface area contributed by atoms with E-state index in [9.17, 15) is 17.6 Å². The number of likely N-dealkylation sites (N-methyl/N-ethyl adjacent to an activating group) is 1. The summed E-state index contributed by atoms with van der Waals surface area (Å²) in [6.07, 6.45) is 8.04. The highest BCUT2D eigenvalue weighted by molar-refractivity contribution is 7.89. The smallest absolute Gasteiger partial charge is 0.287 e. The summed E-state index contributed by atoms with van der Waals surface area (Å²) >= 11 is 0. The molecule has 6 aromatic rings. The minimum Gasteiger partial charge on any atom is -0.336 e. The lowest BCUT2D eigenvalue weighted by Gasteiger charge is -2.32. The van der Waals surface area contributed by atoms with Crippen LogP contribution in [0.4, 0.5) is 21.6 Å². The topological polar surface area (TPSA) is 172 Å². The maximum Gasteiger partial charge on any atom is 0.287 e. The SMILES string of the molecule is CN1CCN(Cc2ccc(NC(=O)c3[nH]ncc3Nc3ncnc4c3ccn4CCCc3ccc(F)c(S(=O)(=O)n4cncn4)c3)cc2)CC1. The molecule has 0 atom stereocenters. The Kier molecular flexibility index (Phi) is 9.34. The van der Waals surface area contributed by atoms with Gasteiger partial charge in [-0.05, 0) is 61.3 Å². The molecular formula is C33H35FN12O3S. The Balaban J connectivity index is 0.982. The molecule has 17 heteroatoms. The van der Waals surface area contributed by atoms with Crippen molar-refractivity contribution < 1.29 is 17.6 Å². The second-order valence-corrected chi connectivity index (χ2v) is 13.9. The van der Waals surface area contributed by atoms with Gasteiger partial charge in [0.15, 0.2) is 0 Å². The Hall–Kier alpha value is -5.52. The molecular weight excluding hydrogens is 664 g/mol. The van der Waals surface area contributed by atoms with Crippen LogP contribution in [-0.2, 0) is 29.5 Å². The lowest BCUT2D eigenvalue weighted by atomic mass is 10.1. The first-order valence-corrected chi connectivity index (χ1v) is 17.5. The van der Waals surface area contributed by atoms with Crippen LogP contribution < -0.4 is 10.6 Å². The van der Waals surface area contributed by atoms with Gasteiger partial charge in [0.05, 0.1) is 17.3 Å². The van der Waals surface area contributed by atoms with Gasteiger partial charge in [-0.15, -0.1) is 9.19 Å². The Labute approximate surface area is 287 Å². The van der Waals surface area contributed by atoms with Gasteiger partial charge in [0, 0.05) is 51.2 Å². The highest BCUT2D eigenvalue weighted by atomic mass is 32.2. The monoisotopic (exact) mass is 698 g/mol. The van der Waals surface area contributed by atoms with Crippen molar-refractivity contribution in [2.24, 2.45) is 0 Å². The molecule has 15 nitrogen and oxygen atoms in total. The van der Waals surface area contributed by atoms with Crippen molar-refractivity contribution >= 4 is 44.2 Å². The summed E-state index contributed by atoms with van der Waals surface area (Å²) in [5.74, 6) is -0.710. The summed E-state index contributed by atoms with van der Waals surface area (Å²) < 4.78 is 42.7. The van der Waals surface area contributed by atoms with Crippen LogP contribution in [0, 0.1) is 5.82 Å². The van der Waals surface area contributed by atoms with Crippen LogP contribution in [-0.4, -0.2) is 96.3 Å². The van der Waals surface area contributed by atoms with Crippen LogP contribution in [0.15, 0.2) is 84.8 Å². The predicted molar refractivity (Wildman–Crippen MR) is 184 cm³/mol. The number of benzene rings is 2. The average molecular weight is 699 g/mol. The fourth-order valence-electron chi connectivity index (χ4n) is 5.89. The van der Waals surface area contributed by atoms with Crippen molar-refractivity contribution in [2.75, 3.05) is 43.9 Å². The number of fused-ring (bicyclic) bond motifs is 1. The van der Waals surface area contributed by atoms with Gasteiger partial charge < -0.3 is 20.1 Å².